The first-order valence-corrected chi connectivity index (χ1v) is 7.70. The third kappa shape index (κ3) is 3.22. The molecule has 2 heterocycles. The van der Waals surface area contributed by atoms with Crippen LogP contribution in [0.3, 0.4) is 0 Å². The molecule has 2 fully saturated rings. The summed E-state index contributed by atoms with van der Waals surface area (Å²) in [5.74, 6) is 4.55. The Hall–Kier alpha value is -0.550. The molecule has 1 aromatic heterocycles. The lowest BCUT2D eigenvalue weighted by atomic mass is 10.1. The van der Waals surface area contributed by atoms with Crippen LogP contribution < -0.4 is 5.32 Å². The van der Waals surface area contributed by atoms with Crippen LogP contribution in [0, 0.1) is 0 Å². The molecular weight excluding hydrogens is 234 g/mol. The van der Waals surface area contributed by atoms with Crippen LogP contribution >= 0.6 is 11.8 Å². The van der Waals surface area contributed by atoms with Gasteiger partial charge in [-0.25, -0.2) is 0 Å². The van der Waals surface area contributed by atoms with E-state index >= 15 is 0 Å². The molecule has 4 nitrogen and oxygen atoms in total. The minimum Gasteiger partial charge on any atom is -0.425 e. The quantitative estimate of drug-likeness (QED) is 0.786. The van der Waals surface area contributed by atoms with Gasteiger partial charge in [0, 0.05) is 24.1 Å². The van der Waals surface area contributed by atoms with Crippen molar-refractivity contribution in [3.63, 3.8) is 0 Å². The number of aryl methyl sites for hydroxylation is 1. The van der Waals surface area contributed by atoms with Crippen molar-refractivity contribution in [2.24, 2.45) is 0 Å². The molecule has 0 radical (unpaired) electrons. The van der Waals surface area contributed by atoms with Crippen LogP contribution in [0.2, 0.25) is 0 Å². The van der Waals surface area contributed by atoms with Gasteiger partial charge < -0.3 is 9.73 Å². The summed E-state index contributed by atoms with van der Waals surface area (Å²) < 4.78 is 5.73. The second-order valence-electron chi connectivity index (χ2n) is 4.93. The Morgan fingerprint density at radius 3 is 3.00 bits per heavy atom. The zero-order valence-electron chi connectivity index (χ0n) is 10.0. The van der Waals surface area contributed by atoms with Crippen molar-refractivity contribution in [2.45, 2.75) is 44.1 Å². The molecule has 1 atom stereocenters. The van der Waals surface area contributed by atoms with Crippen LogP contribution in [-0.4, -0.2) is 34.3 Å². The third-order valence-electron chi connectivity index (χ3n) is 3.34. The zero-order chi connectivity index (χ0) is 11.5. The molecule has 0 aromatic carbocycles. The second-order valence-corrected chi connectivity index (χ2v) is 6.08. The first-order chi connectivity index (χ1) is 8.42. The highest BCUT2D eigenvalue weighted by Crippen LogP contribution is 2.31. The topological polar surface area (TPSA) is 51.0 Å². The molecule has 1 N–H and O–H groups in total. The van der Waals surface area contributed by atoms with Gasteiger partial charge in [0.2, 0.25) is 11.8 Å². The van der Waals surface area contributed by atoms with E-state index in [2.05, 4.69) is 15.5 Å². The first kappa shape index (κ1) is 11.5. The lowest BCUT2D eigenvalue weighted by Crippen LogP contribution is -2.17. The minimum absolute atomic E-state index is 0.505. The highest BCUT2D eigenvalue weighted by molar-refractivity contribution is 7.99. The van der Waals surface area contributed by atoms with E-state index in [1.165, 1.54) is 25.0 Å². The molecule has 5 heteroatoms. The smallest absolute Gasteiger partial charge is 0.220 e. The van der Waals surface area contributed by atoms with Crippen molar-refractivity contribution in [3.8, 4) is 0 Å². The molecule has 3 rings (SSSR count). The van der Waals surface area contributed by atoms with Gasteiger partial charge in [-0.1, -0.05) is 0 Å². The van der Waals surface area contributed by atoms with Crippen LogP contribution in [-0.2, 0) is 6.42 Å². The monoisotopic (exact) mass is 253 g/mol. The van der Waals surface area contributed by atoms with Gasteiger partial charge in [-0.05, 0) is 38.0 Å². The summed E-state index contributed by atoms with van der Waals surface area (Å²) in [6, 6.07) is 0.795. The van der Waals surface area contributed by atoms with Gasteiger partial charge in [-0.3, -0.25) is 0 Å². The molecule has 1 saturated carbocycles. The third-order valence-corrected chi connectivity index (χ3v) is 4.50. The molecule has 1 saturated heterocycles. The number of nitrogens with one attached hydrogen (secondary N) is 1. The molecule has 0 amide bonds. The molecule has 0 bridgehead atoms. The maximum atomic E-state index is 5.73. The van der Waals surface area contributed by atoms with E-state index in [4.69, 9.17) is 4.42 Å². The molecule has 1 unspecified atom stereocenters. The molecule has 2 aliphatic rings. The van der Waals surface area contributed by atoms with Crippen LogP contribution in [0.5, 0.6) is 0 Å². The summed E-state index contributed by atoms with van der Waals surface area (Å²) in [5.41, 5.74) is 0. The highest BCUT2D eigenvalue weighted by atomic mass is 32.2. The highest BCUT2D eigenvalue weighted by Gasteiger charge is 2.23. The Morgan fingerprint density at radius 2 is 2.24 bits per heavy atom. The molecule has 17 heavy (non-hydrogen) atoms. The van der Waals surface area contributed by atoms with Crippen molar-refractivity contribution in [1.82, 2.24) is 15.5 Å². The van der Waals surface area contributed by atoms with Crippen molar-refractivity contribution in [3.05, 3.63) is 11.8 Å². The van der Waals surface area contributed by atoms with E-state index in [1.807, 2.05) is 11.8 Å². The number of hydrogen-bond donors (Lipinski definition) is 1. The summed E-state index contributed by atoms with van der Waals surface area (Å²) >= 11 is 1.98. The predicted molar refractivity (Wildman–Crippen MR) is 68.3 cm³/mol. The molecular formula is C12H19N3OS. The van der Waals surface area contributed by atoms with Gasteiger partial charge in [0.1, 0.15) is 0 Å². The zero-order valence-corrected chi connectivity index (χ0v) is 10.8. The number of rotatable bonds is 6. The average molecular weight is 253 g/mol. The Balaban J connectivity index is 1.42. The average Bonchev–Trinajstić information content (AvgIpc) is 2.84. The molecule has 0 spiro atoms. The van der Waals surface area contributed by atoms with Crippen molar-refractivity contribution in [1.29, 1.82) is 0 Å². The summed E-state index contributed by atoms with van der Waals surface area (Å²) in [6.07, 6.45) is 5.90. The standard InChI is InChI=1S/C12H19N3OS/c1(6-13-10-3-4-10)2-11-14-15-12(16-11)9-5-7-17-8-9/h9-10,13H,1-8H2. The van der Waals surface area contributed by atoms with Gasteiger partial charge >= 0.3 is 0 Å². The molecule has 94 valence electrons. The van der Waals surface area contributed by atoms with Crippen LogP contribution in [0.25, 0.3) is 0 Å². The Morgan fingerprint density at radius 1 is 1.29 bits per heavy atom. The fourth-order valence-electron chi connectivity index (χ4n) is 2.10. The number of aromatic nitrogens is 2. The Kier molecular flexibility index (Phi) is 3.66. The van der Waals surface area contributed by atoms with Crippen molar-refractivity contribution < 1.29 is 4.42 Å². The van der Waals surface area contributed by atoms with E-state index in [0.29, 0.717) is 5.92 Å². The lowest BCUT2D eigenvalue weighted by Gasteiger charge is -2.00. The summed E-state index contributed by atoms with van der Waals surface area (Å²) in [6.45, 7) is 1.07. The van der Waals surface area contributed by atoms with Gasteiger partial charge in [-0.2, -0.15) is 11.8 Å². The van der Waals surface area contributed by atoms with Crippen LogP contribution in [0.1, 0.15) is 43.4 Å². The van der Waals surface area contributed by atoms with Gasteiger partial charge in [0.05, 0.1) is 0 Å². The maximum Gasteiger partial charge on any atom is 0.220 e. The van der Waals surface area contributed by atoms with Crippen molar-refractivity contribution >= 4 is 11.8 Å². The maximum absolute atomic E-state index is 5.73. The lowest BCUT2D eigenvalue weighted by molar-refractivity contribution is 0.420. The fourth-order valence-corrected chi connectivity index (χ4v) is 3.31. The SMILES string of the molecule is C(CNC1CC1)Cc1nnc(C2CCSC2)o1. The second kappa shape index (κ2) is 5.40. The van der Waals surface area contributed by atoms with E-state index in [9.17, 15) is 0 Å². The number of nitrogens with zero attached hydrogens (tertiary/aromatic N) is 2. The van der Waals surface area contributed by atoms with E-state index in [0.717, 1.165) is 43.0 Å². The Labute approximate surface area is 106 Å². The molecule has 1 aliphatic heterocycles. The molecule has 1 aromatic rings. The predicted octanol–water partition coefficient (Wildman–Crippen LogP) is 1.97. The number of hydrogen-bond acceptors (Lipinski definition) is 5. The summed E-state index contributed by atoms with van der Waals surface area (Å²) in [7, 11) is 0. The van der Waals surface area contributed by atoms with Crippen LogP contribution in [0.4, 0.5) is 0 Å². The van der Waals surface area contributed by atoms with Gasteiger partial charge in [0.25, 0.3) is 0 Å². The van der Waals surface area contributed by atoms with Gasteiger partial charge in [-0.15, -0.1) is 10.2 Å². The molecule has 1 aliphatic carbocycles. The Bertz CT molecular complexity index is 358. The van der Waals surface area contributed by atoms with Crippen molar-refractivity contribution in [2.75, 3.05) is 18.1 Å². The summed E-state index contributed by atoms with van der Waals surface area (Å²) in [4.78, 5) is 0. The number of thioether (sulfide) groups is 1. The van der Waals surface area contributed by atoms with Crippen LogP contribution in [0.15, 0.2) is 4.42 Å². The van der Waals surface area contributed by atoms with Gasteiger partial charge in [0.15, 0.2) is 0 Å². The van der Waals surface area contributed by atoms with E-state index < -0.39 is 0 Å². The van der Waals surface area contributed by atoms with E-state index in [1.54, 1.807) is 0 Å². The largest absolute Gasteiger partial charge is 0.425 e. The normalized spacial score (nSPS) is 24.4. The van der Waals surface area contributed by atoms with E-state index in [-0.39, 0.29) is 0 Å². The minimum atomic E-state index is 0.505. The first-order valence-electron chi connectivity index (χ1n) is 6.55. The fraction of sp³-hybridized carbons (Fsp3) is 0.833. The summed E-state index contributed by atoms with van der Waals surface area (Å²) in [5, 5.41) is 11.8.